The van der Waals surface area contributed by atoms with Crippen LogP contribution in [0.15, 0.2) is 36.4 Å². The molecule has 46 heavy (non-hydrogen) atoms. The van der Waals surface area contributed by atoms with Crippen LogP contribution in [0.1, 0.15) is 67.5 Å². The van der Waals surface area contributed by atoms with Gasteiger partial charge in [-0.05, 0) is 86.4 Å². The van der Waals surface area contributed by atoms with Crippen molar-refractivity contribution in [1.29, 1.82) is 0 Å². The average Bonchev–Trinajstić information content (AvgIpc) is 3.40. The number of aliphatic hydroxyl groups excluding tert-OH is 1. The number of ether oxygens (including phenoxy) is 1. The Morgan fingerprint density at radius 1 is 0.978 bits per heavy atom. The van der Waals surface area contributed by atoms with Crippen LogP contribution in [-0.4, -0.2) is 50.2 Å². The molecule has 0 saturated heterocycles. The second-order valence-corrected chi connectivity index (χ2v) is 11.0. The molecule has 1 aromatic heterocycles. The van der Waals surface area contributed by atoms with Crippen LogP contribution in [0.4, 0.5) is 55.9 Å². The highest BCUT2D eigenvalue weighted by Gasteiger charge is 2.42. The number of alkyl halides is 9. The van der Waals surface area contributed by atoms with E-state index in [0.29, 0.717) is 12.1 Å². The Morgan fingerprint density at radius 2 is 1.59 bits per heavy atom. The molecule has 0 aliphatic carbocycles. The van der Waals surface area contributed by atoms with E-state index >= 15 is 0 Å². The van der Waals surface area contributed by atoms with Crippen molar-refractivity contribution >= 4 is 17.7 Å². The molecular formula is C28H29F9N6O3. The second kappa shape index (κ2) is 13.0. The van der Waals surface area contributed by atoms with E-state index in [9.17, 15) is 44.3 Å². The number of hydrogen-bond donors (Lipinski definition) is 1. The molecule has 0 saturated carbocycles. The average molecular weight is 669 g/mol. The van der Waals surface area contributed by atoms with Crippen LogP contribution in [0.25, 0.3) is 0 Å². The lowest BCUT2D eigenvalue weighted by atomic mass is 9.89. The summed E-state index contributed by atoms with van der Waals surface area (Å²) in [6, 6.07) is 1.56. The molecule has 0 radical (unpaired) electrons. The number of aryl methyl sites for hydroxylation is 1. The van der Waals surface area contributed by atoms with Gasteiger partial charge in [-0.15, -0.1) is 5.10 Å². The Kier molecular flexibility index (Phi) is 9.80. The number of halogens is 9. The fourth-order valence-corrected chi connectivity index (χ4v) is 5.13. The third-order valence-corrected chi connectivity index (χ3v) is 7.10. The molecule has 9 nitrogen and oxygen atoms in total. The Hall–Kier alpha value is -4.09. The highest BCUT2D eigenvalue weighted by atomic mass is 19.4. The van der Waals surface area contributed by atoms with E-state index in [1.807, 2.05) is 0 Å². The largest absolute Gasteiger partial charge is 0.446 e. The Labute approximate surface area is 256 Å². The van der Waals surface area contributed by atoms with Crippen molar-refractivity contribution in [3.8, 4) is 0 Å². The van der Waals surface area contributed by atoms with Gasteiger partial charge in [-0.2, -0.15) is 44.3 Å². The number of benzene rings is 2. The summed E-state index contributed by atoms with van der Waals surface area (Å²) >= 11 is 0. The molecule has 0 fully saturated rings. The summed E-state index contributed by atoms with van der Waals surface area (Å²) < 4.78 is 129. The van der Waals surface area contributed by atoms with Crippen molar-refractivity contribution in [3.63, 3.8) is 0 Å². The maximum absolute atomic E-state index is 13.9. The van der Waals surface area contributed by atoms with Gasteiger partial charge >= 0.3 is 24.6 Å². The summed E-state index contributed by atoms with van der Waals surface area (Å²) in [5.74, 6) is -0.317. The number of aliphatic hydroxyl groups is 1. The van der Waals surface area contributed by atoms with Gasteiger partial charge in [0.25, 0.3) is 5.95 Å². The summed E-state index contributed by atoms with van der Waals surface area (Å²) in [5, 5.41) is 21.1. The van der Waals surface area contributed by atoms with Crippen molar-refractivity contribution in [1.82, 2.24) is 20.2 Å². The van der Waals surface area contributed by atoms with Crippen molar-refractivity contribution in [2.75, 3.05) is 16.4 Å². The molecule has 1 aliphatic heterocycles. The molecule has 1 amide bonds. The number of carbonyl (C=O) groups excluding carboxylic acids is 1. The third-order valence-electron chi connectivity index (χ3n) is 7.10. The fourth-order valence-electron chi connectivity index (χ4n) is 5.13. The topological polar surface area (TPSA) is 96.6 Å². The molecular weight excluding hydrogens is 639 g/mol. The highest BCUT2D eigenvalue weighted by Crippen LogP contribution is 2.45. The number of anilines is 2. The second-order valence-electron chi connectivity index (χ2n) is 11.0. The van der Waals surface area contributed by atoms with Gasteiger partial charge in [-0.3, -0.25) is 4.90 Å². The zero-order valence-electron chi connectivity index (χ0n) is 24.6. The van der Waals surface area contributed by atoms with E-state index in [1.54, 1.807) is 20.8 Å². The van der Waals surface area contributed by atoms with E-state index < -0.39 is 71.6 Å². The Bertz CT molecular complexity index is 1510. The zero-order valence-corrected chi connectivity index (χ0v) is 24.6. The van der Waals surface area contributed by atoms with E-state index in [2.05, 4.69) is 15.4 Å². The maximum atomic E-state index is 13.9. The third kappa shape index (κ3) is 7.82. The number of hydrogen-bond acceptors (Lipinski definition) is 7. The standard InChI is InChI=1S/C28H29F9N6O3/c1-15(2)46-25(45)43-16(3)9-23(21-13-18(26(29,30)31)5-6-22(21)43)41(24-38-40-42(39-24)7-4-8-44)14-17-10-19(27(32,33)34)12-20(11-17)28(35,36)37/h5-6,10-13,15-16,23,44H,4,7-9,14H2,1-3H3/t16-,23+/m1/s1. The number of amides is 1. The van der Waals surface area contributed by atoms with Gasteiger partial charge in [0, 0.05) is 19.2 Å². The molecule has 2 heterocycles. The number of rotatable bonds is 8. The normalized spacial score (nSPS) is 17.3. The predicted molar refractivity (Wildman–Crippen MR) is 145 cm³/mol. The van der Waals surface area contributed by atoms with E-state index in [4.69, 9.17) is 9.84 Å². The van der Waals surface area contributed by atoms with E-state index in [1.165, 1.54) is 0 Å². The molecule has 252 valence electrons. The highest BCUT2D eigenvalue weighted by molar-refractivity contribution is 5.90. The fraction of sp³-hybridized carbons (Fsp3) is 0.500. The van der Waals surface area contributed by atoms with Crippen molar-refractivity contribution < 1.29 is 54.2 Å². The minimum Gasteiger partial charge on any atom is -0.446 e. The van der Waals surface area contributed by atoms with Crippen LogP contribution < -0.4 is 9.80 Å². The molecule has 1 aliphatic rings. The molecule has 4 rings (SSSR count). The molecule has 0 bridgehead atoms. The predicted octanol–water partition coefficient (Wildman–Crippen LogP) is 7.00. The first-order chi connectivity index (χ1) is 21.3. The van der Waals surface area contributed by atoms with Crippen molar-refractivity contribution in [2.45, 2.75) is 83.4 Å². The van der Waals surface area contributed by atoms with Crippen molar-refractivity contribution in [3.05, 3.63) is 64.2 Å². The summed E-state index contributed by atoms with van der Waals surface area (Å²) in [6.07, 6.45) is -16.6. The van der Waals surface area contributed by atoms with Gasteiger partial charge in [0.2, 0.25) is 0 Å². The maximum Gasteiger partial charge on any atom is 0.416 e. The summed E-state index contributed by atoms with van der Waals surface area (Å²) in [5.41, 5.74) is -4.91. The SMILES string of the molecule is CC(C)OC(=O)N1c2ccc(C(F)(F)F)cc2[C@@H](N(Cc2cc(C(F)(F)F)cc(C(F)(F)F)c2)c2nnn(CCCO)n2)C[C@H]1C. The van der Waals surface area contributed by atoms with Gasteiger partial charge in [0.05, 0.1) is 41.1 Å². The zero-order chi connectivity index (χ0) is 34.2. The molecule has 0 spiro atoms. The molecule has 2 aromatic carbocycles. The van der Waals surface area contributed by atoms with Gasteiger partial charge in [0.1, 0.15) is 0 Å². The van der Waals surface area contributed by atoms with Gasteiger partial charge in [-0.1, -0.05) is 5.10 Å². The minimum atomic E-state index is -5.16. The van der Waals surface area contributed by atoms with Gasteiger partial charge in [-0.25, -0.2) is 4.79 Å². The van der Waals surface area contributed by atoms with Crippen LogP contribution in [0.3, 0.4) is 0 Å². The first-order valence-corrected chi connectivity index (χ1v) is 13.9. The van der Waals surface area contributed by atoms with E-state index in [-0.39, 0.29) is 49.3 Å². The summed E-state index contributed by atoms with van der Waals surface area (Å²) in [4.78, 5) is 16.4. The number of fused-ring (bicyclic) bond motifs is 1. The minimum absolute atomic E-state index is 0.0138. The van der Waals surface area contributed by atoms with Crippen LogP contribution in [0.2, 0.25) is 0 Å². The smallest absolute Gasteiger partial charge is 0.416 e. The number of nitrogens with zero attached hydrogens (tertiary/aromatic N) is 6. The lowest BCUT2D eigenvalue weighted by Gasteiger charge is -2.43. The van der Waals surface area contributed by atoms with Crippen LogP contribution in [0, 0.1) is 0 Å². The first kappa shape index (κ1) is 34.8. The quantitative estimate of drug-likeness (QED) is 0.258. The lowest BCUT2D eigenvalue weighted by Crippen LogP contribution is -2.47. The monoisotopic (exact) mass is 668 g/mol. The number of carbonyl (C=O) groups is 1. The Balaban J connectivity index is 1.92. The molecule has 2 atom stereocenters. The van der Waals surface area contributed by atoms with Crippen LogP contribution in [-0.2, 0) is 36.4 Å². The summed E-state index contributed by atoms with van der Waals surface area (Å²) in [7, 11) is 0. The van der Waals surface area contributed by atoms with Crippen LogP contribution >= 0.6 is 0 Å². The van der Waals surface area contributed by atoms with Gasteiger partial charge in [0.15, 0.2) is 0 Å². The molecule has 3 aromatic rings. The van der Waals surface area contributed by atoms with Crippen LogP contribution in [0.5, 0.6) is 0 Å². The van der Waals surface area contributed by atoms with Gasteiger partial charge < -0.3 is 14.7 Å². The number of tetrazole rings is 1. The first-order valence-electron chi connectivity index (χ1n) is 13.9. The summed E-state index contributed by atoms with van der Waals surface area (Å²) in [6.45, 7) is 3.75. The Morgan fingerprint density at radius 3 is 2.13 bits per heavy atom. The van der Waals surface area contributed by atoms with Crippen molar-refractivity contribution in [2.24, 2.45) is 0 Å². The lowest BCUT2D eigenvalue weighted by molar-refractivity contribution is -0.143. The molecule has 18 heteroatoms. The molecule has 1 N–H and O–H groups in total. The number of aromatic nitrogens is 4. The molecule has 0 unspecified atom stereocenters. The van der Waals surface area contributed by atoms with E-state index in [0.717, 1.165) is 32.8 Å².